The molecular weight excluding hydrogens is 328 g/mol. The van der Waals surface area contributed by atoms with Crippen molar-refractivity contribution in [3.63, 3.8) is 0 Å². The highest BCUT2D eigenvalue weighted by Crippen LogP contribution is 2.24. The lowest BCUT2D eigenvalue weighted by atomic mass is 10.2. The van der Waals surface area contributed by atoms with E-state index in [-0.39, 0.29) is 0 Å². The highest BCUT2D eigenvalue weighted by Gasteiger charge is 2.05. The molecule has 5 heteroatoms. The van der Waals surface area contributed by atoms with Gasteiger partial charge in [0.05, 0.1) is 11.2 Å². The van der Waals surface area contributed by atoms with Crippen LogP contribution in [0, 0.1) is 11.3 Å². The zero-order valence-electron chi connectivity index (χ0n) is 11.5. The molecular formula is C16H13BrN4. The van der Waals surface area contributed by atoms with E-state index in [0.29, 0.717) is 12.2 Å². The smallest absolute Gasteiger partial charge is 0.120 e. The number of nitrogens with zero attached hydrogens (tertiary/aromatic N) is 3. The maximum absolute atomic E-state index is 8.98. The molecule has 0 saturated carbocycles. The fraction of sp³-hybridized carbons (Fsp3) is 0.125. The zero-order valence-corrected chi connectivity index (χ0v) is 13.1. The van der Waals surface area contributed by atoms with Gasteiger partial charge in [-0.2, -0.15) is 5.26 Å². The normalized spacial score (nSPS) is 10.5. The lowest BCUT2D eigenvalue weighted by Crippen LogP contribution is -1.99. The van der Waals surface area contributed by atoms with Crippen LogP contribution in [-0.4, -0.2) is 9.55 Å². The summed E-state index contributed by atoms with van der Waals surface area (Å²) in [5, 5.41) is 13.4. The number of nitrogens with one attached hydrogen (secondary N) is 1. The molecule has 0 atom stereocenters. The van der Waals surface area contributed by atoms with Crippen molar-refractivity contribution in [2.45, 2.75) is 6.54 Å². The van der Waals surface area contributed by atoms with Crippen molar-refractivity contribution in [1.82, 2.24) is 9.55 Å². The average Bonchev–Trinajstić information content (AvgIpc) is 2.84. The maximum Gasteiger partial charge on any atom is 0.120 e. The molecule has 3 aromatic rings. The molecule has 0 aliphatic heterocycles. The summed E-state index contributed by atoms with van der Waals surface area (Å²) in [5.74, 6) is 0. The van der Waals surface area contributed by atoms with Gasteiger partial charge < -0.3 is 9.88 Å². The van der Waals surface area contributed by atoms with Crippen LogP contribution in [0.2, 0.25) is 0 Å². The number of anilines is 1. The first-order valence-corrected chi connectivity index (χ1v) is 7.30. The summed E-state index contributed by atoms with van der Waals surface area (Å²) in [6, 6.07) is 12.2. The average molecular weight is 341 g/mol. The van der Waals surface area contributed by atoms with Crippen LogP contribution in [0.15, 0.2) is 47.2 Å². The number of hydrogen-bond acceptors (Lipinski definition) is 3. The summed E-state index contributed by atoms with van der Waals surface area (Å²) in [6.07, 6.45) is 3.75. The Morgan fingerprint density at radius 3 is 3.00 bits per heavy atom. The van der Waals surface area contributed by atoms with E-state index >= 15 is 0 Å². The Bertz CT molecular complexity index is 845. The molecule has 2 aromatic heterocycles. The summed E-state index contributed by atoms with van der Waals surface area (Å²) in [7, 11) is 1.87. The topological polar surface area (TPSA) is 53.6 Å². The fourth-order valence-electron chi connectivity index (χ4n) is 2.31. The highest BCUT2D eigenvalue weighted by molar-refractivity contribution is 9.10. The highest BCUT2D eigenvalue weighted by atomic mass is 79.9. The van der Waals surface area contributed by atoms with Gasteiger partial charge in [-0.25, -0.2) is 0 Å². The molecule has 0 aliphatic rings. The number of aryl methyl sites for hydroxylation is 1. The molecule has 4 nitrogen and oxygen atoms in total. The van der Waals surface area contributed by atoms with Crippen LogP contribution in [-0.2, 0) is 13.6 Å². The summed E-state index contributed by atoms with van der Waals surface area (Å²) >= 11 is 3.44. The Kier molecular flexibility index (Phi) is 3.63. The van der Waals surface area contributed by atoms with Crippen LogP contribution in [0.5, 0.6) is 0 Å². The second-order valence-electron chi connectivity index (χ2n) is 4.84. The van der Waals surface area contributed by atoms with E-state index in [2.05, 4.69) is 32.3 Å². The summed E-state index contributed by atoms with van der Waals surface area (Å²) in [4.78, 5) is 4.46. The molecule has 0 fully saturated rings. The number of pyridine rings is 1. The second kappa shape index (κ2) is 5.58. The van der Waals surface area contributed by atoms with E-state index in [4.69, 9.17) is 5.26 Å². The minimum absolute atomic E-state index is 0.659. The van der Waals surface area contributed by atoms with E-state index < -0.39 is 0 Å². The van der Waals surface area contributed by atoms with Gasteiger partial charge in [-0.3, -0.25) is 4.98 Å². The second-order valence-corrected chi connectivity index (χ2v) is 5.76. The molecule has 0 spiro atoms. The molecule has 0 aliphatic carbocycles. The molecule has 0 radical (unpaired) electrons. The van der Waals surface area contributed by atoms with E-state index in [1.54, 1.807) is 6.20 Å². The maximum atomic E-state index is 8.98. The first-order chi connectivity index (χ1) is 10.2. The number of rotatable bonds is 3. The quantitative estimate of drug-likeness (QED) is 0.788. The zero-order chi connectivity index (χ0) is 14.8. The van der Waals surface area contributed by atoms with E-state index in [0.717, 1.165) is 26.6 Å². The lowest BCUT2D eigenvalue weighted by molar-refractivity contribution is 0.902. The Balaban J connectivity index is 1.86. The van der Waals surface area contributed by atoms with Gasteiger partial charge in [0, 0.05) is 35.8 Å². The summed E-state index contributed by atoms with van der Waals surface area (Å²) < 4.78 is 2.80. The largest absolute Gasteiger partial charge is 0.379 e. The predicted octanol–water partition coefficient (Wildman–Crippen LogP) is 3.82. The van der Waals surface area contributed by atoms with E-state index in [9.17, 15) is 0 Å². The number of nitriles is 1. The number of hydrogen-bond donors (Lipinski definition) is 1. The number of halogens is 1. The predicted molar refractivity (Wildman–Crippen MR) is 86.9 cm³/mol. The fourth-order valence-corrected chi connectivity index (χ4v) is 2.66. The van der Waals surface area contributed by atoms with E-state index in [1.807, 2.05) is 48.1 Å². The van der Waals surface area contributed by atoms with Gasteiger partial charge in [0.15, 0.2) is 0 Å². The van der Waals surface area contributed by atoms with Gasteiger partial charge >= 0.3 is 0 Å². The first-order valence-electron chi connectivity index (χ1n) is 6.51. The van der Waals surface area contributed by atoms with Crippen molar-refractivity contribution in [3.05, 3.63) is 58.5 Å². The third kappa shape index (κ3) is 2.76. The van der Waals surface area contributed by atoms with Crippen molar-refractivity contribution < 1.29 is 0 Å². The number of aromatic nitrogens is 2. The van der Waals surface area contributed by atoms with Gasteiger partial charge in [0.1, 0.15) is 11.8 Å². The van der Waals surface area contributed by atoms with Crippen LogP contribution in [0.3, 0.4) is 0 Å². The monoisotopic (exact) mass is 340 g/mol. The lowest BCUT2D eigenvalue weighted by Gasteiger charge is -2.08. The van der Waals surface area contributed by atoms with Gasteiger partial charge in [0.2, 0.25) is 0 Å². The van der Waals surface area contributed by atoms with Gasteiger partial charge in [-0.05, 0) is 39.7 Å². The standard InChI is InChI=1S/C16H13BrN4/c1-21-10-11(5-14(21)7-18)8-19-15-4-2-3-12-6-13(17)9-20-16(12)15/h2-6,9-10,19H,8H2,1H3. The van der Waals surface area contributed by atoms with Crippen LogP contribution in [0.25, 0.3) is 10.9 Å². The molecule has 0 unspecified atom stereocenters. The van der Waals surface area contributed by atoms with Gasteiger partial charge in [0.25, 0.3) is 0 Å². The molecule has 1 aromatic carbocycles. The van der Waals surface area contributed by atoms with Crippen molar-refractivity contribution in [3.8, 4) is 6.07 Å². The summed E-state index contributed by atoms with van der Waals surface area (Å²) in [5.41, 5.74) is 3.66. The molecule has 21 heavy (non-hydrogen) atoms. The van der Waals surface area contributed by atoms with Crippen molar-refractivity contribution in [2.24, 2.45) is 7.05 Å². The van der Waals surface area contributed by atoms with E-state index in [1.165, 1.54) is 0 Å². The van der Waals surface area contributed by atoms with Crippen molar-refractivity contribution in [1.29, 1.82) is 5.26 Å². The molecule has 104 valence electrons. The SMILES string of the molecule is Cn1cc(CNc2cccc3cc(Br)cnc23)cc1C#N. The Morgan fingerprint density at radius 1 is 1.38 bits per heavy atom. The molecule has 0 bridgehead atoms. The summed E-state index contributed by atoms with van der Waals surface area (Å²) in [6.45, 7) is 0.659. The van der Waals surface area contributed by atoms with Crippen molar-refractivity contribution in [2.75, 3.05) is 5.32 Å². The van der Waals surface area contributed by atoms with Crippen LogP contribution in [0.4, 0.5) is 5.69 Å². The molecule has 2 heterocycles. The molecule has 3 rings (SSSR count). The Morgan fingerprint density at radius 2 is 2.24 bits per heavy atom. The minimum Gasteiger partial charge on any atom is -0.379 e. The third-order valence-electron chi connectivity index (χ3n) is 3.34. The third-order valence-corrected chi connectivity index (χ3v) is 3.77. The van der Waals surface area contributed by atoms with Gasteiger partial charge in [-0.15, -0.1) is 0 Å². The Hall–Kier alpha value is -2.32. The first kappa shape index (κ1) is 13.7. The van der Waals surface area contributed by atoms with Crippen molar-refractivity contribution >= 4 is 32.5 Å². The number of para-hydroxylation sites is 1. The Labute approximate surface area is 131 Å². The van der Waals surface area contributed by atoms with Gasteiger partial charge in [-0.1, -0.05) is 12.1 Å². The van der Waals surface area contributed by atoms with Crippen LogP contribution < -0.4 is 5.32 Å². The number of benzene rings is 1. The number of fused-ring (bicyclic) bond motifs is 1. The van der Waals surface area contributed by atoms with Crippen LogP contribution >= 0.6 is 15.9 Å². The van der Waals surface area contributed by atoms with Crippen LogP contribution in [0.1, 0.15) is 11.3 Å². The molecule has 0 amide bonds. The minimum atomic E-state index is 0.659. The molecule has 0 saturated heterocycles. The molecule has 1 N–H and O–H groups in total.